The number of methoxy groups -OCH3 is 3. The van der Waals surface area contributed by atoms with Crippen LogP contribution in [0.3, 0.4) is 0 Å². The van der Waals surface area contributed by atoms with Gasteiger partial charge in [-0.3, -0.25) is 9.59 Å². The fourth-order valence-electron chi connectivity index (χ4n) is 4.43. The minimum atomic E-state index is -0.274. The number of benzene rings is 2. The molecule has 2 amide bonds. The number of ether oxygens (including phenoxy) is 4. The summed E-state index contributed by atoms with van der Waals surface area (Å²) < 4.78 is 22.1. The van der Waals surface area contributed by atoms with E-state index < -0.39 is 0 Å². The van der Waals surface area contributed by atoms with Crippen molar-refractivity contribution in [3.8, 4) is 17.2 Å². The zero-order valence-electron chi connectivity index (χ0n) is 21.3. The van der Waals surface area contributed by atoms with E-state index in [-0.39, 0.29) is 37.6 Å². The van der Waals surface area contributed by atoms with Crippen molar-refractivity contribution in [1.29, 1.82) is 0 Å². The van der Waals surface area contributed by atoms with Crippen molar-refractivity contribution >= 4 is 23.2 Å². The highest BCUT2D eigenvalue weighted by Gasteiger charge is 2.34. The van der Waals surface area contributed by atoms with Crippen LogP contribution in [0.4, 0.5) is 0 Å². The van der Waals surface area contributed by atoms with E-state index in [1.54, 1.807) is 56.9 Å². The van der Waals surface area contributed by atoms with E-state index in [2.05, 4.69) is 6.07 Å². The molecule has 0 radical (unpaired) electrons. The van der Waals surface area contributed by atoms with Gasteiger partial charge in [0.05, 0.1) is 26.9 Å². The number of hydrogen-bond acceptors (Lipinski definition) is 7. The maximum Gasteiger partial charge on any atom is 0.254 e. The molecule has 0 spiro atoms. The zero-order valence-corrected chi connectivity index (χ0v) is 22.2. The Kier molecular flexibility index (Phi) is 9.03. The smallest absolute Gasteiger partial charge is 0.254 e. The number of para-hydroxylation sites is 2. The van der Waals surface area contributed by atoms with Crippen molar-refractivity contribution in [3.63, 3.8) is 0 Å². The van der Waals surface area contributed by atoms with Crippen LogP contribution >= 0.6 is 11.3 Å². The molecule has 0 N–H and O–H groups in total. The summed E-state index contributed by atoms with van der Waals surface area (Å²) in [5.41, 5.74) is 1.54. The third kappa shape index (κ3) is 6.23. The van der Waals surface area contributed by atoms with Gasteiger partial charge >= 0.3 is 0 Å². The molecular formula is C28H32N2O6S. The number of amides is 2. The Bertz CT molecular complexity index is 1210. The number of nitrogens with zero attached hydrogens (tertiary/aromatic N) is 2. The Morgan fingerprint density at radius 1 is 1.03 bits per heavy atom. The third-order valence-electron chi connectivity index (χ3n) is 6.38. The standard InChI is InChI=1S/C28H32N2O6S/c1-33-15-14-29(28(32)20-7-6-8-21(17-20)34-2)18-27(31)30-13-11-26-22(12-16-37-26)23(30)19-36-25-10-5-4-9-24(25)35-3/h4-10,12,16-17,23H,11,13-15,18-19H2,1-3H3/t23-/m0/s1. The molecular weight excluding hydrogens is 492 g/mol. The van der Waals surface area contributed by atoms with Crippen LogP contribution in [0, 0.1) is 0 Å². The molecule has 1 aliphatic rings. The molecule has 196 valence electrons. The molecule has 0 unspecified atom stereocenters. The molecule has 2 heterocycles. The fourth-order valence-corrected chi connectivity index (χ4v) is 5.36. The summed E-state index contributed by atoms with van der Waals surface area (Å²) in [6, 6.07) is 16.2. The molecule has 3 aromatic rings. The van der Waals surface area contributed by atoms with Gasteiger partial charge in [-0.15, -0.1) is 11.3 Å². The number of carbonyl (C=O) groups excluding carboxylic acids is 2. The molecule has 8 nitrogen and oxygen atoms in total. The summed E-state index contributed by atoms with van der Waals surface area (Å²) in [6.45, 7) is 1.37. The number of hydrogen-bond donors (Lipinski definition) is 0. The number of fused-ring (bicyclic) bond motifs is 1. The van der Waals surface area contributed by atoms with Crippen LogP contribution in [-0.2, 0) is 16.0 Å². The van der Waals surface area contributed by atoms with Gasteiger partial charge in [-0.1, -0.05) is 18.2 Å². The van der Waals surface area contributed by atoms with E-state index in [0.717, 1.165) is 12.0 Å². The van der Waals surface area contributed by atoms with Crippen molar-refractivity contribution < 1.29 is 28.5 Å². The summed E-state index contributed by atoms with van der Waals surface area (Å²) in [5, 5.41) is 2.05. The molecule has 0 fully saturated rings. The average molecular weight is 525 g/mol. The van der Waals surface area contributed by atoms with Crippen LogP contribution < -0.4 is 14.2 Å². The molecule has 2 aromatic carbocycles. The van der Waals surface area contributed by atoms with Gasteiger partial charge in [0.1, 0.15) is 18.9 Å². The molecule has 37 heavy (non-hydrogen) atoms. The second-order valence-corrected chi connectivity index (χ2v) is 9.57. The first-order valence-electron chi connectivity index (χ1n) is 12.1. The largest absolute Gasteiger partial charge is 0.497 e. The molecule has 0 saturated heterocycles. The predicted octanol–water partition coefficient (Wildman–Crippen LogP) is 4.06. The molecule has 0 aliphatic carbocycles. The Morgan fingerprint density at radius 2 is 1.84 bits per heavy atom. The highest BCUT2D eigenvalue weighted by molar-refractivity contribution is 7.10. The van der Waals surface area contributed by atoms with Crippen molar-refractivity contribution in [3.05, 3.63) is 76.0 Å². The van der Waals surface area contributed by atoms with Gasteiger partial charge in [0.25, 0.3) is 5.91 Å². The van der Waals surface area contributed by atoms with Gasteiger partial charge in [0.2, 0.25) is 5.91 Å². The van der Waals surface area contributed by atoms with Gasteiger partial charge in [-0.05, 0) is 53.8 Å². The Hall–Kier alpha value is -3.56. The first kappa shape index (κ1) is 26.5. The molecule has 1 aromatic heterocycles. The van der Waals surface area contributed by atoms with Gasteiger partial charge in [0, 0.05) is 30.6 Å². The second-order valence-electron chi connectivity index (χ2n) is 8.57. The van der Waals surface area contributed by atoms with Crippen molar-refractivity contribution in [1.82, 2.24) is 9.80 Å². The third-order valence-corrected chi connectivity index (χ3v) is 7.37. The van der Waals surface area contributed by atoms with Crippen molar-refractivity contribution in [2.24, 2.45) is 0 Å². The molecule has 0 saturated carbocycles. The lowest BCUT2D eigenvalue weighted by molar-refractivity contribution is -0.135. The SMILES string of the molecule is COCCN(CC(=O)N1CCc2sccc2[C@@H]1COc1ccccc1OC)C(=O)c1cccc(OC)c1. The van der Waals surface area contributed by atoms with Gasteiger partial charge in [-0.25, -0.2) is 0 Å². The van der Waals surface area contributed by atoms with E-state index in [4.69, 9.17) is 18.9 Å². The molecule has 4 rings (SSSR count). The highest BCUT2D eigenvalue weighted by atomic mass is 32.1. The molecule has 9 heteroatoms. The Labute approximate surface area is 221 Å². The lowest BCUT2D eigenvalue weighted by Crippen LogP contribution is -2.48. The van der Waals surface area contributed by atoms with Crippen LogP contribution in [0.15, 0.2) is 60.0 Å². The van der Waals surface area contributed by atoms with Crippen LogP contribution in [-0.4, -0.2) is 75.8 Å². The highest BCUT2D eigenvalue weighted by Crippen LogP contribution is 2.35. The van der Waals surface area contributed by atoms with Crippen LogP contribution in [0.5, 0.6) is 17.2 Å². The lowest BCUT2D eigenvalue weighted by Gasteiger charge is -2.37. The average Bonchev–Trinajstić information content (AvgIpc) is 3.43. The summed E-state index contributed by atoms with van der Waals surface area (Å²) >= 11 is 1.69. The normalized spacial score (nSPS) is 14.6. The van der Waals surface area contributed by atoms with E-state index >= 15 is 0 Å². The van der Waals surface area contributed by atoms with Crippen molar-refractivity contribution in [2.45, 2.75) is 12.5 Å². The van der Waals surface area contributed by atoms with Crippen molar-refractivity contribution in [2.75, 3.05) is 54.2 Å². The van der Waals surface area contributed by atoms with E-state index in [9.17, 15) is 9.59 Å². The first-order valence-corrected chi connectivity index (χ1v) is 13.0. The number of thiophene rings is 1. The summed E-state index contributed by atoms with van der Waals surface area (Å²) in [5.74, 6) is 1.45. The van der Waals surface area contributed by atoms with E-state index in [1.165, 1.54) is 9.78 Å². The van der Waals surface area contributed by atoms with Crippen LogP contribution in [0.1, 0.15) is 26.8 Å². The monoisotopic (exact) mass is 524 g/mol. The molecule has 1 atom stereocenters. The van der Waals surface area contributed by atoms with E-state index in [1.807, 2.05) is 34.5 Å². The van der Waals surface area contributed by atoms with Crippen LogP contribution in [0.2, 0.25) is 0 Å². The first-order chi connectivity index (χ1) is 18.0. The molecule has 0 bridgehead atoms. The van der Waals surface area contributed by atoms with Gasteiger partial charge < -0.3 is 28.7 Å². The minimum Gasteiger partial charge on any atom is -0.497 e. The van der Waals surface area contributed by atoms with E-state index in [0.29, 0.717) is 36.0 Å². The summed E-state index contributed by atoms with van der Waals surface area (Å²) in [7, 11) is 4.73. The van der Waals surface area contributed by atoms with Gasteiger partial charge in [0.15, 0.2) is 11.5 Å². The van der Waals surface area contributed by atoms with Gasteiger partial charge in [-0.2, -0.15) is 0 Å². The fraction of sp³-hybridized carbons (Fsp3) is 0.357. The Morgan fingerprint density at radius 3 is 2.59 bits per heavy atom. The lowest BCUT2D eigenvalue weighted by atomic mass is 10.0. The number of carbonyl (C=O) groups is 2. The predicted molar refractivity (Wildman–Crippen MR) is 142 cm³/mol. The number of rotatable bonds is 11. The van der Waals surface area contributed by atoms with Crippen LogP contribution in [0.25, 0.3) is 0 Å². The Balaban J connectivity index is 1.54. The maximum atomic E-state index is 13.7. The quantitative estimate of drug-likeness (QED) is 0.377. The zero-order chi connectivity index (χ0) is 26.2. The summed E-state index contributed by atoms with van der Waals surface area (Å²) in [4.78, 5) is 31.7. The molecule has 1 aliphatic heterocycles. The second kappa shape index (κ2) is 12.6. The topological polar surface area (TPSA) is 77.5 Å². The maximum absolute atomic E-state index is 13.7. The minimum absolute atomic E-state index is 0.0654. The summed E-state index contributed by atoms with van der Waals surface area (Å²) in [6.07, 6.45) is 0.770.